The fourth-order valence-electron chi connectivity index (χ4n) is 7.38. The van der Waals surface area contributed by atoms with Gasteiger partial charge in [0.2, 0.25) is 0 Å². The topological polar surface area (TPSA) is 214 Å². The maximum absolute atomic E-state index is 13.0. The molecule has 0 aromatic carbocycles. The zero-order valence-electron chi connectivity index (χ0n) is 43.8. The van der Waals surface area contributed by atoms with Crippen molar-refractivity contribution in [1.29, 1.82) is 0 Å². The molecule has 0 aromatic rings. The van der Waals surface area contributed by atoms with Gasteiger partial charge in [0, 0.05) is 13.0 Å². The van der Waals surface area contributed by atoms with E-state index in [-0.39, 0.29) is 19.6 Å². The van der Waals surface area contributed by atoms with E-state index in [1.54, 1.807) is 0 Å². The van der Waals surface area contributed by atoms with Crippen molar-refractivity contribution in [2.75, 3.05) is 33.0 Å². The highest BCUT2D eigenvalue weighted by molar-refractivity contribution is 5.69. The van der Waals surface area contributed by atoms with Crippen molar-refractivity contribution in [3.05, 3.63) is 134 Å². The van der Waals surface area contributed by atoms with E-state index in [0.717, 1.165) is 96.3 Å². The average molecular weight is 1030 g/mol. The third-order valence-corrected chi connectivity index (χ3v) is 11.7. The first-order valence-corrected chi connectivity index (χ1v) is 26.8. The van der Waals surface area contributed by atoms with Crippen LogP contribution in [0, 0.1) is 0 Å². The molecule has 7 N–H and O–H groups in total. The SMILES string of the molecule is CC/C=C\C/C=C\C/C=C\C/C=C\C/C=C\C/C=C\C/C=C\CCCC(=O)OC(COCCCCC/C=C\C/C=C\C/C=C\C/C=C\CC)COC1OC(COC2OC(CO)C(O)C(O)C2O)C(O)C(O)C1O. The highest BCUT2D eigenvalue weighted by atomic mass is 16.7. The van der Waals surface area contributed by atoms with Crippen LogP contribution in [0.5, 0.6) is 0 Å². The second-order valence-corrected chi connectivity index (χ2v) is 17.9. The summed E-state index contributed by atoms with van der Waals surface area (Å²) in [7, 11) is 0. The van der Waals surface area contributed by atoms with Gasteiger partial charge in [-0.3, -0.25) is 4.79 Å². The van der Waals surface area contributed by atoms with Crippen molar-refractivity contribution >= 4 is 5.97 Å². The van der Waals surface area contributed by atoms with Crippen molar-refractivity contribution in [1.82, 2.24) is 0 Å². The molecule has 2 saturated heterocycles. The van der Waals surface area contributed by atoms with Crippen LogP contribution in [0.2, 0.25) is 0 Å². The Morgan fingerprint density at radius 3 is 1.30 bits per heavy atom. The summed E-state index contributed by atoms with van der Waals surface area (Å²) in [6.45, 7) is 3.26. The van der Waals surface area contributed by atoms with Gasteiger partial charge < -0.3 is 64.2 Å². The molecule has 11 unspecified atom stereocenters. The molecule has 2 aliphatic heterocycles. The fraction of sp³-hybridized carbons (Fsp3) is 0.610. The van der Waals surface area contributed by atoms with Gasteiger partial charge in [0.1, 0.15) is 54.9 Å². The van der Waals surface area contributed by atoms with Crippen molar-refractivity contribution < 1.29 is 69.0 Å². The Morgan fingerprint density at radius 2 is 0.849 bits per heavy atom. The number of unbranched alkanes of at least 4 members (excludes halogenated alkanes) is 4. The summed E-state index contributed by atoms with van der Waals surface area (Å²) in [5, 5.41) is 72.2. The molecular formula is C59H92O14. The van der Waals surface area contributed by atoms with Crippen molar-refractivity contribution in [2.24, 2.45) is 0 Å². The van der Waals surface area contributed by atoms with Crippen LogP contribution in [0.4, 0.5) is 0 Å². The molecule has 0 aliphatic carbocycles. The fourth-order valence-corrected chi connectivity index (χ4v) is 7.38. The van der Waals surface area contributed by atoms with E-state index >= 15 is 0 Å². The van der Waals surface area contributed by atoms with Gasteiger partial charge in [-0.2, -0.15) is 0 Å². The van der Waals surface area contributed by atoms with Gasteiger partial charge in [-0.25, -0.2) is 0 Å². The lowest BCUT2D eigenvalue weighted by atomic mass is 9.98. The van der Waals surface area contributed by atoms with E-state index in [4.69, 9.17) is 28.4 Å². The number of allylic oxidation sites excluding steroid dienone is 22. The van der Waals surface area contributed by atoms with Gasteiger partial charge in [-0.05, 0) is 103 Å². The van der Waals surface area contributed by atoms with Crippen LogP contribution >= 0.6 is 0 Å². The van der Waals surface area contributed by atoms with E-state index in [2.05, 4.69) is 141 Å². The molecule has 2 fully saturated rings. The van der Waals surface area contributed by atoms with Crippen molar-refractivity contribution in [3.8, 4) is 0 Å². The Bertz CT molecular complexity index is 1710. The minimum absolute atomic E-state index is 0.00606. The summed E-state index contributed by atoms with van der Waals surface area (Å²) >= 11 is 0. The molecular weight excluding hydrogens is 933 g/mol. The third-order valence-electron chi connectivity index (χ3n) is 11.7. The highest BCUT2D eigenvalue weighted by Crippen LogP contribution is 2.26. The normalized spacial score (nSPS) is 26.0. The van der Waals surface area contributed by atoms with Gasteiger partial charge in [0.25, 0.3) is 0 Å². The lowest BCUT2D eigenvalue weighted by Crippen LogP contribution is -2.61. The minimum Gasteiger partial charge on any atom is -0.457 e. The van der Waals surface area contributed by atoms with E-state index in [1.807, 2.05) is 6.08 Å². The molecule has 11 atom stereocenters. The van der Waals surface area contributed by atoms with Crippen LogP contribution in [0.3, 0.4) is 0 Å². The number of esters is 1. The van der Waals surface area contributed by atoms with Crippen LogP contribution in [-0.2, 0) is 33.2 Å². The summed E-state index contributed by atoms with van der Waals surface area (Å²) in [4.78, 5) is 13.0. The smallest absolute Gasteiger partial charge is 0.306 e. The third kappa shape index (κ3) is 31.6. The van der Waals surface area contributed by atoms with Gasteiger partial charge in [0.15, 0.2) is 12.6 Å². The molecule has 73 heavy (non-hydrogen) atoms. The molecule has 2 rings (SSSR count). The van der Waals surface area contributed by atoms with E-state index in [1.165, 1.54) is 0 Å². The van der Waals surface area contributed by atoms with Crippen molar-refractivity contribution in [3.63, 3.8) is 0 Å². The molecule has 0 aromatic heterocycles. The lowest BCUT2D eigenvalue weighted by Gasteiger charge is -2.42. The largest absolute Gasteiger partial charge is 0.457 e. The summed E-state index contributed by atoms with van der Waals surface area (Å²) in [5.41, 5.74) is 0. The van der Waals surface area contributed by atoms with E-state index < -0.39 is 86.7 Å². The van der Waals surface area contributed by atoms with Crippen LogP contribution in [-0.4, -0.2) is 142 Å². The molecule has 0 bridgehead atoms. The average Bonchev–Trinajstić information content (AvgIpc) is 3.39. The van der Waals surface area contributed by atoms with Gasteiger partial charge in [-0.15, -0.1) is 0 Å². The van der Waals surface area contributed by atoms with Gasteiger partial charge in [-0.1, -0.05) is 154 Å². The Kier molecular flexibility index (Phi) is 39.7. The molecule has 0 radical (unpaired) electrons. The molecule has 412 valence electrons. The number of carbonyl (C=O) groups is 1. The summed E-state index contributed by atoms with van der Waals surface area (Å²) < 4.78 is 34.2. The van der Waals surface area contributed by atoms with E-state index in [9.17, 15) is 40.5 Å². The number of hydrogen-bond donors (Lipinski definition) is 7. The number of aliphatic hydroxyl groups excluding tert-OH is 7. The highest BCUT2D eigenvalue weighted by Gasteiger charge is 2.47. The minimum atomic E-state index is -1.73. The number of carbonyl (C=O) groups excluding carboxylic acids is 1. The molecule has 14 heteroatoms. The predicted molar refractivity (Wildman–Crippen MR) is 288 cm³/mol. The number of rotatable bonds is 40. The van der Waals surface area contributed by atoms with Crippen LogP contribution in [0.25, 0.3) is 0 Å². The standard InChI is InChI=1S/C59H92O14/c1-3-5-7-9-11-13-15-17-19-21-22-23-24-25-26-27-28-30-32-34-36-38-40-42-51(61)71-48(45-68-43-41-39-37-35-33-31-29-20-18-16-14-12-10-8-6-4-2)46-69-58-57(67)55(65)53(63)50(73-58)47-70-59-56(66)54(64)52(62)49(44-60)72-59/h5-8,11-14,17-20,22-23,25-26,28,30-31,33-34,36,48-50,52-60,62-67H,3-4,9-10,15-16,21,24,27,29,32,35,37-47H2,1-2H3/b7-5-,8-6-,13-11-,14-12-,19-17-,20-18-,23-22-,26-25-,30-28-,33-31-,36-34-. The molecule has 2 heterocycles. The zero-order chi connectivity index (χ0) is 53.0. The quantitative estimate of drug-likeness (QED) is 0.0174. The van der Waals surface area contributed by atoms with Gasteiger partial charge >= 0.3 is 5.97 Å². The maximum atomic E-state index is 13.0. The second-order valence-electron chi connectivity index (χ2n) is 17.9. The summed E-state index contributed by atoms with van der Waals surface area (Å²) in [6, 6.07) is 0. The first-order valence-electron chi connectivity index (χ1n) is 26.8. The predicted octanol–water partition coefficient (Wildman–Crippen LogP) is 8.74. The molecule has 0 amide bonds. The number of hydrogen-bond acceptors (Lipinski definition) is 14. The van der Waals surface area contributed by atoms with Crippen LogP contribution in [0.1, 0.15) is 129 Å². The summed E-state index contributed by atoms with van der Waals surface area (Å²) in [6.07, 6.45) is 46.6. The zero-order valence-corrected chi connectivity index (χ0v) is 43.8. The maximum Gasteiger partial charge on any atom is 0.306 e. The lowest BCUT2D eigenvalue weighted by molar-refractivity contribution is -0.332. The van der Waals surface area contributed by atoms with Gasteiger partial charge in [0.05, 0.1) is 26.4 Å². The second kappa shape index (κ2) is 44.4. The van der Waals surface area contributed by atoms with Crippen molar-refractivity contribution in [2.45, 2.75) is 197 Å². The Hall–Kier alpha value is -3.87. The van der Waals surface area contributed by atoms with Crippen LogP contribution in [0.15, 0.2) is 134 Å². The number of ether oxygens (including phenoxy) is 6. The van der Waals surface area contributed by atoms with E-state index in [0.29, 0.717) is 19.4 Å². The Labute approximate surface area is 437 Å². The Balaban J connectivity index is 1.80. The molecule has 0 spiro atoms. The monoisotopic (exact) mass is 1020 g/mol. The summed E-state index contributed by atoms with van der Waals surface area (Å²) in [5.74, 6) is -0.452. The number of aliphatic hydroxyl groups is 7. The first kappa shape index (κ1) is 65.2. The molecule has 0 saturated carbocycles. The molecule has 2 aliphatic rings. The van der Waals surface area contributed by atoms with Crippen LogP contribution < -0.4 is 0 Å². The first-order chi connectivity index (χ1) is 35.6. The Morgan fingerprint density at radius 1 is 0.452 bits per heavy atom. The molecule has 14 nitrogen and oxygen atoms in total.